The van der Waals surface area contributed by atoms with Crippen LogP contribution in [0.2, 0.25) is 0 Å². The third-order valence-corrected chi connectivity index (χ3v) is 10.1. The van der Waals surface area contributed by atoms with Gasteiger partial charge in [0.15, 0.2) is 0 Å². The first-order valence-electron chi connectivity index (χ1n) is 16.5. The topological polar surface area (TPSA) is 159 Å². The van der Waals surface area contributed by atoms with Crippen LogP contribution in [-0.2, 0) is 11.2 Å². The first kappa shape index (κ1) is 35.7. The number of carbonyl (C=O) groups excluding carboxylic acids is 4. The molecule has 4 heterocycles. The summed E-state index contributed by atoms with van der Waals surface area (Å²) in [6, 6.07) is 8.90. The van der Waals surface area contributed by atoms with Crippen LogP contribution in [0, 0.1) is 19.8 Å². The van der Waals surface area contributed by atoms with Crippen molar-refractivity contribution in [1.29, 1.82) is 0 Å². The van der Waals surface area contributed by atoms with Gasteiger partial charge in [0.25, 0.3) is 17.7 Å². The first-order valence-corrected chi connectivity index (χ1v) is 18.3. The standard InChI is InChI=1S/C35H42N8O4S2/c1-21(2)16-25-33-42-28(19-49-33)32(46)40-26(17-24-10-6-5-7-11-24)34-41-27(18-48-34)31(45)36-13-9-15-43(14-8-12-29(44)39-25)35(47)30-22(3)37-20-38-23(30)4/h5-7,10-11,18-21,25-26H,8-9,12-17H2,1-4H3,(H,36,45)(H,39,44)(H,40,46)/t25-,26-/m0/s1. The van der Waals surface area contributed by atoms with E-state index in [9.17, 15) is 19.2 Å². The molecular weight excluding hydrogens is 661 g/mol. The number of fused-ring (bicyclic) bond motifs is 4. The Balaban J connectivity index is 1.43. The molecule has 2 atom stereocenters. The van der Waals surface area contributed by atoms with Crippen molar-refractivity contribution < 1.29 is 19.2 Å². The lowest BCUT2D eigenvalue weighted by atomic mass is 10.0. The molecule has 3 N–H and O–H groups in total. The summed E-state index contributed by atoms with van der Waals surface area (Å²) in [6.45, 7) is 8.71. The van der Waals surface area contributed by atoms with Crippen LogP contribution in [-0.4, -0.2) is 68.1 Å². The van der Waals surface area contributed by atoms with Gasteiger partial charge in [0.2, 0.25) is 5.91 Å². The molecule has 0 saturated carbocycles. The maximum Gasteiger partial charge on any atom is 0.271 e. The molecule has 0 radical (unpaired) electrons. The Labute approximate surface area is 294 Å². The molecule has 4 bridgehead atoms. The number of amides is 4. The highest BCUT2D eigenvalue weighted by molar-refractivity contribution is 7.10. The summed E-state index contributed by atoms with van der Waals surface area (Å²) in [5.74, 6) is -0.797. The molecule has 49 heavy (non-hydrogen) atoms. The van der Waals surface area contributed by atoms with Gasteiger partial charge in [0, 0.05) is 36.8 Å². The number of nitrogens with zero attached hydrogens (tertiary/aromatic N) is 5. The molecule has 4 amide bonds. The molecular formula is C35H42N8O4S2. The second kappa shape index (κ2) is 16.7. The molecule has 1 aliphatic rings. The van der Waals surface area contributed by atoms with Crippen molar-refractivity contribution in [1.82, 2.24) is 40.8 Å². The molecule has 0 spiro atoms. The van der Waals surface area contributed by atoms with Gasteiger partial charge in [-0.15, -0.1) is 22.7 Å². The summed E-state index contributed by atoms with van der Waals surface area (Å²) in [5, 5.41) is 13.8. The van der Waals surface area contributed by atoms with Gasteiger partial charge in [-0.1, -0.05) is 44.2 Å². The highest BCUT2D eigenvalue weighted by atomic mass is 32.1. The van der Waals surface area contributed by atoms with Crippen molar-refractivity contribution in [3.05, 3.63) is 91.3 Å². The summed E-state index contributed by atoms with van der Waals surface area (Å²) < 4.78 is 0. The summed E-state index contributed by atoms with van der Waals surface area (Å²) in [6.07, 6.45) is 3.67. The minimum Gasteiger partial charge on any atom is -0.351 e. The fourth-order valence-electron chi connectivity index (χ4n) is 5.71. The van der Waals surface area contributed by atoms with E-state index < -0.39 is 6.04 Å². The fourth-order valence-corrected chi connectivity index (χ4v) is 7.43. The van der Waals surface area contributed by atoms with Gasteiger partial charge in [0.05, 0.1) is 29.0 Å². The number of benzene rings is 1. The zero-order valence-electron chi connectivity index (χ0n) is 28.2. The lowest BCUT2D eigenvalue weighted by Gasteiger charge is -2.24. The zero-order valence-corrected chi connectivity index (χ0v) is 29.8. The third kappa shape index (κ3) is 9.54. The number of aromatic nitrogens is 4. The Morgan fingerprint density at radius 3 is 2.18 bits per heavy atom. The minimum atomic E-state index is -0.500. The first-order chi connectivity index (χ1) is 23.6. The second-order valence-electron chi connectivity index (χ2n) is 12.5. The molecule has 5 rings (SSSR count). The maximum absolute atomic E-state index is 13.7. The van der Waals surface area contributed by atoms with E-state index in [2.05, 4.69) is 49.7 Å². The molecule has 4 aromatic rings. The lowest BCUT2D eigenvalue weighted by molar-refractivity contribution is -0.122. The molecule has 0 saturated heterocycles. The van der Waals surface area contributed by atoms with Gasteiger partial charge >= 0.3 is 0 Å². The Morgan fingerprint density at radius 1 is 0.878 bits per heavy atom. The second-order valence-corrected chi connectivity index (χ2v) is 14.3. The normalized spacial score (nSPS) is 18.3. The smallest absolute Gasteiger partial charge is 0.271 e. The Hall–Kier alpha value is -4.56. The number of carbonyl (C=O) groups is 4. The number of hydrogen-bond donors (Lipinski definition) is 3. The van der Waals surface area contributed by atoms with Gasteiger partial charge in [-0.25, -0.2) is 19.9 Å². The highest BCUT2D eigenvalue weighted by Gasteiger charge is 2.26. The zero-order chi connectivity index (χ0) is 34.9. The number of nitrogens with one attached hydrogen (secondary N) is 3. The van der Waals surface area contributed by atoms with E-state index in [1.54, 1.807) is 29.5 Å². The van der Waals surface area contributed by atoms with Crippen molar-refractivity contribution in [2.24, 2.45) is 5.92 Å². The molecule has 3 aromatic heterocycles. The van der Waals surface area contributed by atoms with Gasteiger partial charge < -0.3 is 20.9 Å². The van der Waals surface area contributed by atoms with Crippen LogP contribution in [0.3, 0.4) is 0 Å². The van der Waals surface area contributed by atoms with Crippen LogP contribution in [0.25, 0.3) is 0 Å². The predicted octanol–water partition coefficient (Wildman–Crippen LogP) is 4.98. The van der Waals surface area contributed by atoms with Crippen molar-refractivity contribution in [3.8, 4) is 0 Å². The van der Waals surface area contributed by atoms with E-state index in [1.165, 1.54) is 29.0 Å². The van der Waals surface area contributed by atoms with Crippen molar-refractivity contribution in [2.75, 3.05) is 19.6 Å². The molecule has 258 valence electrons. The average molecular weight is 703 g/mol. The summed E-state index contributed by atoms with van der Waals surface area (Å²) in [7, 11) is 0. The molecule has 1 aliphatic heterocycles. The molecule has 0 fully saturated rings. The maximum atomic E-state index is 13.7. The molecule has 14 heteroatoms. The van der Waals surface area contributed by atoms with E-state index in [0.29, 0.717) is 72.3 Å². The molecule has 0 aliphatic carbocycles. The average Bonchev–Trinajstić information content (AvgIpc) is 3.76. The summed E-state index contributed by atoms with van der Waals surface area (Å²) in [4.78, 5) is 73.1. The van der Waals surface area contributed by atoms with Gasteiger partial charge in [-0.05, 0) is 51.0 Å². The van der Waals surface area contributed by atoms with E-state index in [4.69, 9.17) is 0 Å². The summed E-state index contributed by atoms with van der Waals surface area (Å²) in [5.41, 5.74) is 3.14. The van der Waals surface area contributed by atoms with Crippen LogP contribution in [0.4, 0.5) is 0 Å². The number of hydrogen-bond acceptors (Lipinski definition) is 10. The van der Waals surface area contributed by atoms with E-state index in [-0.39, 0.29) is 53.4 Å². The monoisotopic (exact) mass is 702 g/mol. The highest BCUT2D eigenvalue weighted by Crippen LogP contribution is 2.27. The van der Waals surface area contributed by atoms with E-state index in [0.717, 1.165) is 5.56 Å². The fraction of sp³-hybridized carbons (Fsp3) is 0.429. The van der Waals surface area contributed by atoms with Crippen molar-refractivity contribution >= 4 is 46.3 Å². The molecule has 12 nitrogen and oxygen atoms in total. The Morgan fingerprint density at radius 2 is 1.51 bits per heavy atom. The van der Waals surface area contributed by atoms with Crippen LogP contribution in [0.5, 0.6) is 0 Å². The minimum absolute atomic E-state index is 0.157. The number of rotatable bonds is 5. The molecule has 0 unspecified atom stereocenters. The molecule has 1 aromatic carbocycles. The van der Waals surface area contributed by atoms with E-state index in [1.807, 2.05) is 30.3 Å². The quantitative estimate of drug-likeness (QED) is 0.263. The SMILES string of the molecule is Cc1ncnc(C)c1C(=O)N1CCCNC(=O)c2csc(n2)[C@H](Cc2ccccc2)NC(=O)c2csc(n2)[C@H](CC(C)C)NC(=O)CCC1. The third-order valence-electron chi connectivity index (χ3n) is 8.19. The van der Waals surface area contributed by atoms with Crippen LogP contribution in [0.15, 0.2) is 47.4 Å². The predicted molar refractivity (Wildman–Crippen MR) is 189 cm³/mol. The van der Waals surface area contributed by atoms with Crippen LogP contribution in [0.1, 0.15) is 110 Å². The van der Waals surface area contributed by atoms with Crippen LogP contribution < -0.4 is 16.0 Å². The summed E-state index contributed by atoms with van der Waals surface area (Å²) >= 11 is 2.64. The van der Waals surface area contributed by atoms with Gasteiger partial charge in [-0.2, -0.15) is 0 Å². The number of thiazole rings is 2. The van der Waals surface area contributed by atoms with Crippen molar-refractivity contribution in [2.45, 2.75) is 71.9 Å². The Kier molecular flexibility index (Phi) is 12.2. The lowest BCUT2D eigenvalue weighted by Crippen LogP contribution is -2.37. The largest absolute Gasteiger partial charge is 0.351 e. The Bertz CT molecular complexity index is 1750. The van der Waals surface area contributed by atoms with Gasteiger partial charge in [0.1, 0.15) is 27.7 Å². The van der Waals surface area contributed by atoms with Crippen LogP contribution >= 0.6 is 22.7 Å². The van der Waals surface area contributed by atoms with Crippen molar-refractivity contribution in [3.63, 3.8) is 0 Å². The van der Waals surface area contributed by atoms with E-state index >= 15 is 0 Å². The number of aryl methyl sites for hydroxylation is 2. The van der Waals surface area contributed by atoms with Gasteiger partial charge in [-0.3, -0.25) is 19.2 Å².